The van der Waals surface area contributed by atoms with Crippen LogP contribution in [-0.2, 0) is 11.3 Å². The lowest BCUT2D eigenvalue weighted by molar-refractivity contribution is -0.123. The fourth-order valence-electron chi connectivity index (χ4n) is 3.02. The number of carbonyl (C=O) groups is 1. The molecular formula is C16H22N4O. The molecule has 0 aliphatic carbocycles. The molecule has 1 aliphatic heterocycles. The molecule has 1 aromatic heterocycles. The van der Waals surface area contributed by atoms with E-state index in [0.29, 0.717) is 0 Å². The van der Waals surface area contributed by atoms with Crippen LogP contribution in [0.1, 0.15) is 12.5 Å². The maximum Gasteiger partial charge on any atom is 0.234 e. The fraction of sp³-hybridized carbons (Fsp3) is 0.438. The summed E-state index contributed by atoms with van der Waals surface area (Å²) in [7, 11) is 0. The summed E-state index contributed by atoms with van der Waals surface area (Å²) in [5.41, 5.74) is 7.92. The Labute approximate surface area is 124 Å². The summed E-state index contributed by atoms with van der Waals surface area (Å²) in [4.78, 5) is 19.1. The van der Waals surface area contributed by atoms with Crippen molar-refractivity contribution in [2.75, 3.05) is 26.2 Å². The van der Waals surface area contributed by atoms with Gasteiger partial charge in [0.2, 0.25) is 5.91 Å². The number of H-pyrrole nitrogens is 1. The second-order valence-electron chi connectivity index (χ2n) is 5.75. The molecule has 21 heavy (non-hydrogen) atoms. The highest BCUT2D eigenvalue weighted by molar-refractivity contribution is 5.82. The molecule has 0 spiro atoms. The summed E-state index contributed by atoms with van der Waals surface area (Å²) in [6.07, 6.45) is 1.99. The maximum absolute atomic E-state index is 11.3. The molecule has 0 unspecified atom stereocenters. The summed E-state index contributed by atoms with van der Waals surface area (Å²) in [5, 5.41) is 1.30. The standard InChI is InChI=1S/C16H22N4O/c1-12(16(17)21)20-9-7-19(8-10-20)11-13-3-2-4-15-14(13)5-6-18-15/h2-6,12,18H,7-11H2,1H3,(H2,17,21)/t12-/m0/s1. The highest BCUT2D eigenvalue weighted by Crippen LogP contribution is 2.19. The number of fused-ring (bicyclic) bond motifs is 1. The van der Waals surface area contributed by atoms with Crippen LogP contribution in [0.5, 0.6) is 0 Å². The number of amides is 1. The Kier molecular flexibility index (Phi) is 3.94. The minimum absolute atomic E-state index is 0.166. The number of hydrogen-bond acceptors (Lipinski definition) is 3. The van der Waals surface area contributed by atoms with Gasteiger partial charge in [0.1, 0.15) is 0 Å². The molecule has 3 N–H and O–H groups in total. The summed E-state index contributed by atoms with van der Waals surface area (Å²) in [6, 6.07) is 8.36. The number of nitrogens with zero attached hydrogens (tertiary/aromatic N) is 2. The average molecular weight is 286 g/mol. The zero-order valence-corrected chi connectivity index (χ0v) is 12.4. The summed E-state index contributed by atoms with van der Waals surface area (Å²) >= 11 is 0. The minimum atomic E-state index is -0.236. The molecule has 112 valence electrons. The predicted octanol–water partition coefficient (Wildman–Crippen LogP) is 1.16. The lowest BCUT2D eigenvalue weighted by atomic mass is 10.1. The van der Waals surface area contributed by atoms with Crippen molar-refractivity contribution in [3.8, 4) is 0 Å². The van der Waals surface area contributed by atoms with E-state index in [1.165, 1.54) is 16.5 Å². The maximum atomic E-state index is 11.3. The van der Waals surface area contributed by atoms with Gasteiger partial charge in [-0.05, 0) is 24.6 Å². The highest BCUT2D eigenvalue weighted by Gasteiger charge is 2.24. The first-order valence-electron chi connectivity index (χ1n) is 7.46. The number of benzene rings is 1. The van der Waals surface area contributed by atoms with E-state index in [2.05, 4.69) is 39.0 Å². The van der Waals surface area contributed by atoms with Crippen molar-refractivity contribution in [2.45, 2.75) is 19.5 Å². The van der Waals surface area contributed by atoms with E-state index >= 15 is 0 Å². The van der Waals surface area contributed by atoms with Gasteiger partial charge in [-0.25, -0.2) is 0 Å². The minimum Gasteiger partial charge on any atom is -0.368 e. The topological polar surface area (TPSA) is 65.4 Å². The van der Waals surface area contributed by atoms with E-state index < -0.39 is 0 Å². The van der Waals surface area contributed by atoms with Gasteiger partial charge in [0, 0.05) is 49.8 Å². The molecule has 5 heteroatoms. The lowest BCUT2D eigenvalue weighted by Gasteiger charge is -2.37. The number of aromatic nitrogens is 1. The molecule has 5 nitrogen and oxygen atoms in total. The Hall–Kier alpha value is -1.85. The number of primary amides is 1. The van der Waals surface area contributed by atoms with Crippen LogP contribution in [0.4, 0.5) is 0 Å². The van der Waals surface area contributed by atoms with Crippen molar-refractivity contribution >= 4 is 16.8 Å². The third-order valence-electron chi connectivity index (χ3n) is 4.45. The van der Waals surface area contributed by atoms with Crippen LogP contribution in [0.3, 0.4) is 0 Å². The molecule has 1 aromatic carbocycles. The Bertz CT molecular complexity index is 628. The van der Waals surface area contributed by atoms with Crippen molar-refractivity contribution in [3.63, 3.8) is 0 Å². The smallest absolute Gasteiger partial charge is 0.234 e. The second-order valence-corrected chi connectivity index (χ2v) is 5.75. The Morgan fingerprint density at radius 3 is 2.76 bits per heavy atom. The van der Waals surface area contributed by atoms with E-state index in [-0.39, 0.29) is 11.9 Å². The van der Waals surface area contributed by atoms with Crippen molar-refractivity contribution in [1.82, 2.24) is 14.8 Å². The highest BCUT2D eigenvalue weighted by atomic mass is 16.1. The van der Waals surface area contributed by atoms with Crippen LogP contribution in [0.2, 0.25) is 0 Å². The third kappa shape index (κ3) is 2.94. The Balaban J connectivity index is 1.63. The van der Waals surface area contributed by atoms with E-state index in [1.54, 1.807) is 0 Å². The van der Waals surface area contributed by atoms with Crippen LogP contribution < -0.4 is 5.73 Å². The quantitative estimate of drug-likeness (QED) is 0.886. The second kappa shape index (κ2) is 5.87. The van der Waals surface area contributed by atoms with Crippen molar-refractivity contribution in [1.29, 1.82) is 0 Å². The number of piperazine rings is 1. The molecule has 2 heterocycles. The molecule has 1 aliphatic rings. The number of rotatable bonds is 4. The molecule has 1 saturated heterocycles. The van der Waals surface area contributed by atoms with Gasteiger partial charge in [0.05, 0.1) is 6.04 Å². The molecule has 2 aromatic rings. The van der Waals surface area contributed by atoms with Crippen LogP contribution in [0, 0.1) is 0 Å². The van der Waals surface area contributed by atoms with E-state index in [9.17, 15) is 4.79 Å². The number of hydrogen-bond donors (Lipinski definition) is 2. The molecule has 1 amide bonds. The lowest BCUT2D eigenvalue weighted by Crippen LogP contribution is -2.52. The van der Waals surface area contributed by atoms with Gasteiger partial charge in [-0.15, -0.1) is 0 Å². The van der Waals surface area contributed by atoms with E-state index in [4.69, 9.17) is 5.73 Å². The van der Waals surface area contributed by atoms with Gasteiger partial charge in [0.25, 0.3) is 0 Å². The van der Waals surface area contributed by atoms with Gasteiger partial charge in [-0.2, -0.15) is 0 Å². The van der Waals surface area contributed by atoms with Crippen molar-refractivity contribution in [3.05, 3.63) is 36.0 Å². The molecule has 0 bridgehead atoms. The molecule has 3 rings (SSSR count). The first kappa shape index (κ1) is 14.1. The summed E-state index contributed by atoms with van der Waals surface area (Å²) in [6.45, 7) is 6.57. The summed E-state index contributed by atoms with van der Waals surface area (Å²) < 4.78 is 0. The molecule has 0 radical (unpaired) electrons. The molecule has 1 atom stereocenters. The third-order valence-corrected chi connectivity index (χ3v) is 4.45. The predicted molar refractivity (Wildman–Crippen MR) is 83.8 cm³/mol. The number of nitrogens with one attached hydrogen (secondary N) is 1. The average Bonchev–Trinajstić information content (AvgIpc) is 2.97. The van der Waals surface area contributed by atoms with Crippen molar-refractivity contribution in [2.24, 2.45) is 5.73 Å². The number of nitrogens with two attached hydrogens (primary N) is 1. The normalized spacial score (nSPS) is 18.9. The van der Waals surface area contributed by atoms with Crippen LogP contribution in [-0.4, -0.2) is 52.9 Å². The van der Waals surface area contributed by atoms with Gasteiger partial charge in [-0.1, -0.05) is 12.1 Å². The first-order valence-corrected chi connectivity index (χ1v) is 7.46. The van der Waals surface area contributed by atoms with Gasteiger partial charge < -0.3 is 10.7 Å². The van der Waals surface area contributed by atoms with Gasteiger partial charge in [0.15, 0.2) is 0 Å². The SMILES string of the molecule is C[C@@H](C(N)=O)N1CCN(Cc2cccc3[nH]ccc23)CC1. The summed E-state index contributed by atoms with van der Waals surface area (Å²) in [5.74, 6) is -0.236. The number of aromatic amines is 1. The van der Waals surface area contributed by atoms with E-state index in [1.807, 2.05) is 13.1 Å². The first-order chi connectivity index (χ1) is 10.1. The fourth-order valence-corrected chi connectivity index (χ4v) is 3.02. The van der Waals surface area contributed by atoms with Crippen LogP contribution in [0.25, 0.3) is 10.9 Å². The Morgan fingerprint density at radius 2 is 2.05 bits per heavy atom. The molecule has 0 saturated carbocycles. The van der Waals surface area contributed by atoms with Crippen LogP contribution in [0.15, 0.2) is 30.5 Å². The Morgan fingerprint density at radius 1 is 1.29 bits per heavy atom. The van der Waals surface area contributed by atoms with Gasteiger partial charge in [-0.3, -0.25) is 14.6 Å². The zero-order valence-electron chi connectivity index (χ0n) is 12.4. The molecular weight excluding hydrogens is 264 g/mol. The molecule has 1 fully saturated rings. The number of carbonyl (C=O) groups excluding carboxylic acids is 1. The zero-order chi connectivity index (χ0) is 14.8. The largest absolute Gasteiger partial charge is 0.368 e. The van der Waals surface area contributed by atoms with Gasteiger partial charge >= 0.3 is 0 Å². The van der Waals surface area contributed by atoms with Crippen LogP contribution >= 0.6 is 0 Å². The monoisotopic (exact) mass is 286 g/mol. The van der Waals surface area contributed by atoms with Crippen molar-refractivity contribution < 1.29 is 4.79 Å². The van der Waals surface area contributed by atoms with E-state index in [0.717, 1.165) is 32.7 Å².